The van der Waals surface area contributed by atoms with Crippen LogP contribution in [0.2, 0.25) is 0 Å². The van der Waals surface area contributed by atoms with Crippen molar-refractivity contribution in [1.29, 1.82) is 0 Å². The minimum Gasteiger partial charge on any atom is -0.376 e. The Kier molecular flexibility index (Phi) is 4.31. The smallest absolute Gasteiger partial charge is 0.252 e. The van der Waals surface area contributed by atoms with Gasteiger partial charge in [0.05, 0.1) is 6.61 Å². The molecule has 0 N–H and O–H groups in total. The quantitative estimate of drug-likeness (QED) is 0.834. The van der Waals surface area contributed by atoms with Gasteiger partial charge >= 0.3 is 0 Å². The molecule has 1 amide bonds. The van der Waals surface area contributed by atoms with Crippen molar-refractivity contribution in [2.45, 2.75) is 51.4 Å². The van der Waals surface area contributed by atoms with E-state index in [1.807, 2.05) is 17.3 Å². The fourth-order valence-corrected chi connectivity index (χ4v) is 3.48. The van der Waals surface area contributed by atoms with Crippen LogP contribution in [0.5, 0.6) is 0 Å². The number of pyridine rings is 1. The number of nitrogens with zero attached hydrogens (tertiary/aromatic N) is 2. The summed E-state index contributed by atoms with van der Waals surface area (Å²) >= 11 is 0. The minimum atomic E-state index is -0.227. The van der Waals surface area contributed by atoms with E-state index in [4.69, 9.17) is 9.47 Å². The maximum atomic E-state index is 12.5. The lowest BCUT2D eigenvalue weighted by atomic mass is 9.97. The van der Waals surface area contributed by atoms with Crippen molar-refractivity contribution in [3.05, 3.63) is 29.1 Å². The standard InChI is InChI=1S/C18H24N2O3/c21-18(17-2-1-7-23-17)20-6-5-16-14(10-20)8-19-9-15(16)12-22-11-13-3-4-13/h8-9,13,17H,1-7,10-12H2/t17-/m1/s1. The largest absolute Gasteiger partial charge is 0.376 e. The lowest BCUT2D eigenvalue weighted by Gasteiger charge is -2.31. The molecule has 0 unspecified atom stereocenters. The van der Waals surface area contributed by atoms with Crippen LogP contribution in [0, 0.1) is 5.92 Å². The van der Waals surface area contributed by atoms with Gasteiger partial charge in [0.25, 0.3) is 5.91 Å². The highest BCUT2D eigenvalue weighted by atomic mass is 16.5. The molecule has 1 aliphatic carbocycles. The maximum absolute atomic E-state index is 12.5. The van der Waals surface area contributed by atoms with Crippen LogP contribution >= 0.6 is 0 Å². The predicted octanol–water partition coefficient (Wildman–Crippen LogP) is 2.07. The predicted molar refractivity (Wildman–Crippen MR) is 84.7 cm³/mol. The molecule has 2 aliphatic heterocycles. The van der Waals surface area contributed by atoms with Crippen molar-refractivity contribution in [3.8, 4) is 0 Å². The first kappa shape index (κ1) is 15.1. The zero-order valence-electron chi connectivity index (χ0n) is 13.5. The summed E-state index contributed by atoms with van der Waals surface area (Å²) in [6.07, 6.45) is 8.95. The Morgan fingerprint density at radius 1 is 1.35 bits per heavy atom. The monoisotopic (exact) mass is 316 g/mol. The summed E-state index contributed by atoms with van der Waals surface area (Å²) in [5, 5.41) is 0. The number of hydrogen-bond acceptors (Lipinski definition) is 4. The van der Waals surface area contributed by atoms with E-state index >= 15 is 0 Å². The van der Waals surface area contributed by atoms with Gasteiger partial charge in [-0.3, -0.25) is 9.78 Å². The number of aromatic nitrogens is 1. The fourth-order valence-electron chi connectivity index (χ4n) is 3.48. The van der Waals surface area contributed by atoms with Crippen LogP contribution in [-0.4, -0.2) is 41.7 Å². The zero-order chi connectivity index (χ0) is 15.6. The third-order valence-electron chi connectivity index (χ3n) is 5.05. The molecular weight excluding hydrogens is 292 g/mol. The molecule has 4 rings (SSSR count). The highest BCUT2D eigenvalue weighted by molar-refractivity contribution is 5.81. The van der Waals surface area contributed by atoms with Crippen LogP contribution in [0.3, 0.4) is 0 Å². The average molecular weight is 316 g/mol. The third kappa shape index (κ3) is 3.40. The summed E-state index contributed by atoms with van der Waals surface area (Å²) in [7, 11) is 0. The Balaban J connectivity index is 1.41. The van der Waals surface area contributed by atoms with Gasteiger partial charge in [0.15, 0.2) is 0 Å². The van der Waals surface area contributed by atoms with Crippen molar-refractivity contribution in [2.24, 2.45) is 5.92 Å². The van der Waals surface area contributed by atoms with E-state index in [0.717, 1.165) is 43.9 Å². The summed E-state index contributed by atoms with van der Waals surface area (Å²) in [5.41, 5.74) is 3.68. The Morgan fingerprint density at radius 2 is 2.26 bits per heavy atom. The second-order valence-electron chi connectivity index (χ2n) is 6.91. The van der Waals surface area contributed by atoms with Gasteiger partial charge < -0.3 is 14.4 Å². The summed E-state index contributed by atoms with van der Waals surface area (Å²) in [5.74, 6) is 0.922. The molecule has 5 heteroatoms. The molecule has 0 spiro atoms. The van der Waals surface area contributed by atoms with Gasteiger partial charge in [-0.1, -0.05) is 0 Å². The second kappa shape index (κ2) is 6.57. The molecule has 3 heterocycles. The highest BCUT2D eigenvalue weighted by Crippen LogP contribution is 2.30. The molecule has 3 aliphatic rings. The molecule has 0 aromatic carbocycles. The van der Waals surface area contributed by atoms with Crippen LogP contribution < -0.4 is 0 Å². The molecular formula is C18H24N2O3. The molecule has 124 valence electrons. The van der Waals surface area contributed by atoms with Crippen LogP contribution in [0.15, 0.2) is 12.4 Å². The number of rotatable bonds is 5. The number of ether oxygens (including phenoxy) is 2. The van der Waals surface area contributed by atoms with E-state index in [1.54, 1.807) is 0 Å². The van der Waals surface area contributed by atoms with E-state index in [1.165, 1.54) is 24.0 Å². The number of carbonyl (C=O) groups is 1. The van der Waals surface area contributed by atoms with E-state index in [2.05, 4.69) is 4.98 Å². The van der Waals surface area contributed by atoms with Crippen molar-refractivity contribution in [2.75, 3.05) is 19.8 Å². The molecule has 23 heavy (non-hydrogen) atoms. The zero-order valence-corrected chi connectivity index (χ0v) is 13.5. The lowest BCUT2D eigenvalue weighted by Crippen LogP contribution is -2.42. The van der Waals surface area contributed by atoms with E-state index < -0.39 is 0 Å². The van der Waals surface area contributed by atoms with Gasteiger partial charge in [0.2, 0.25) is 0 Å². The van der Waals surface area contributed by atoms with E-state index in [9.17, 15) is 4.79 Å². The number of carbonyl (C=O) groups excluding carboxylic acids is 1. The van der Waals surface area contributed by atoms with Crippen LogP contribution in [0.1, 0.15) is 42.4 Å². The summed E-state index contributed by atoms with van der Waals surface area (Å²) < 4.78 is 11.4. The SMILES string of the molecule is O=C([C@H]1CCCO1)N1CCc2c(COCC3CC3)cncc2C1. The Labute approximate surface area is 137 Å². The molecule has 2 fully saturated rings. The van der Waals surface area contributed by atoms with Gasteiger partial charge in [0, 0.05) is 38.7 Å². The van der Waals surface area contributed by atoms with Crippen molar-refractivity contribution in [1.82, 2.24) is 9.88 Å². The molecule has 0 bridgehead atoms. The lowest BCUT2D eigenvalue weighted by molar-refractivity contribution is -0.141. The number of hydrogen-bond donors (Lipinski definition) is 0. The fraction of sp³-hybridized carbons (Fsp3) is 0.667. The Morgan fingerprint density at radius 3 is 3.04 bits per heavy atom. The molecule has 1 saturated carbocycles. The number of amides is 1. The first-order chi connectivity index (χ1) is 11.3. The van der Waals surface area contributed by atoms with Gasteiger partial charge in [-0.15, -0.1) is 0 Å². The van der Waals surface area contributed by atoms with Crippen molar-refractivity contribution in [3.63, 3.8) is 0 Å². The Bertz CT molecular complexity index is 580. The summed E-state index contributed by atoms with van der Waals surface area (Å²) in [6.45, 7) is 3.65. The van der Waals surface area contributed by atoms with Gasteiger partial charge in [0.1, 0.15) is 6.10 Å². The molecule has 0 radical (unpaired) electrons. The van der Waals surface area contributed by atoms with E-state index in [0.29, 0.717) is 19.8 Å². The highest BCUT2D eigenvalue weighted by Gasteiger charge is 2.31. The average Bonchev–Trinajstić information content (AvgIpc) is 3.24. The van der Waals surface area contributed by atoms with Crippen molar-refractivity contribution < 1.29 is 14.3 Å². The summed E-state index contributed by atoms with van der Waals surface area (Å²) in [4.78, 5) is 18.8. The molecule has 1 atom stereocenters. The Hall–Kier alpha value is -1.46. The first-order valence-electron chi connectivity index (χ1n) is 8.74. The first-order valence-corrected chi connectivity index (χ1v) is 8.74. The molecule has 5 nitrogen and oxygen atoms in total. The van der Waals surface area contributed by atoms with E-state index in [-0.39, 0.29) is 12.0 Å². The maximum Gasteiger partial charge on any atom is 0.252 e. The van der Waals surface area contributed by atoms with Gasteiger partial charge in [-0.05, 0) is 54.7 Å². The summed E-state index contributed by atoms with van der Waals surface area (Å²) in [6, 6.07) is 0. The molecule has 1 saturated heterocycles. The van der Waals surface area contributed by atoms with Crippen molar-refractivity contribution >= 4 is 5.91 Å². The molecule has 1 aromatic rings. The molecule has 1 aromatic heterocycles. The third-order valence-corrected chi connectivity index (χ3v) is 5.05. The second-order valence-corrected chi connectivity index (χ2v) is 6.91. The van der Waals surface area contributed by atoms with Crippen LogP contribution in [0.25, 0.3) is 0 Å². The van der Waals surface area contributed by atoms with Gasteiger partial charge in [-0.2, -0.15) is 0 Å². The number of fused-ring (bicyclic) bond motifs is 1. The minimum absolute atomic E-state index is 0.142. The topological polar surface area (TPSA) is 51.7 Å². The van der Waals surface area contributed by atoms with Crippen LogP contribution in [0.4, 0.5) is 0 Å². The van der Waals surface area contributed by atoms with Gasteiger partial charge in [-0.25, -0.2) is 0 Å². The van der Waals surface area contributed by atoms with Crippen LogP contribution in [-0.2, 0) is 33.8 Å². The normalized spacial score (nSPS) is 23.8.